The van der Waals surface area contributed by atoms with Gasteiger partial charge in [-0.1, -0.05) is 13.8 Å². The molecular weight excluding hydrogens is 344 g/mol. The SMILES string of the molecule is CC(C)C1CCCN1S(=O)(=O)c1cc(Br)cnc1NN. The summed E-state index contributed by atoms with van der Waals surface area (Å²) in [7, 11) is -3.60. The van der Waals surface area contributed by atoms with Gasteiger partial charge in [-0.05, 0) is 40.8 Å². The molecule has 0 amide bonds. The maximum absolute atomic E-state index is 12.9. The van der Waals surface area contributed by atoms with Crippen LogP contribution < -0.4 is 11.3 Å². The summed E-state index contributed by atoms with van der Waals surface area (Å²) in [5.41, 5.74) is 2.36. The fourth-order valence-corrected chi connectivity index (χ4v) is 5.02. The summed E-state index contributed by atoms with van der Waals surface area (Å²) in [6.45, 7) is 4.63. The first-order valence-corrected chi connectivity index (χ1v) is 8.75. The van der Waals surface area contributed by atoms with Crippen molar-refractivity contribution in [2.75, 3.05) is 12.0 Å². The molecule has 2 rings (SSSR count). The minimum absolute atomic E-state index is 0.0320. The number of aromatic nitrogens is 1. The van der Waals surface area contributed by atoms with E-state index in [1.165, 1.54) is 12.3 Å². The summed E-state index contributed by atoms with van der Waals surface area (Å²) < 4.78 is 27.9. The lowest BCUT2D eigenvalue weighted by atomic mass is 10.0. The highest BCUT2D eigenvalue weighted by Crippen LogP contribution is 2.33. The van der Waals surface area contributed by atoms with Crippen molar-refractivity contribution < 1.29 is 8.42 Å². The average Bonchev–Trinajstić information content (AvgIpc) is 2.88. The minimum Gasteiger partial charge on any atom is -0.307 e. The van der Waals surface area contributed by atoms with Crippen molar-refractivity contribution in [3.8, 4) is 0 Å². The number of nitrogens with zero attached hydrogens (tertiary/aromatic N) is 2. The number of hydrogen-bond donors (Lipinski definition) is 2. The molecule has 1 saturated heterocycles. The van der Waals surface area contributed by atoms with Crippen LogP contribution in [0.25, 0.3) is 0 Å². The molecule has 1 atom stereocenters. The van der Waals surface area contributed by atoms with E-state index in [2.05, 4.69) is 26.3 Å². The second-order valence-corrected chi connectivity index (χ2v) is 7.99. The molecule has 0 spiro atoms. The Morgan fingerprint density at radius 2 is 2.25 bits per heavy atom. The zero-order chi connectivity index (χ0) is 14.9. The zero-order valence-electron chi connectivity index (χ0n) is 11.5. The number of pyridine rings is 1. The number of hydrazine groups is 1. The van der Waals surface area contributed by atoms with Crippen LogP contribution in [0.1, 0.15) is 26.7 Å². The first-order chi connectivity index (χ1) is 9.37. The third-order valence-corrected chi connectivity index (χ3v) is 5.93. The van der Waals surface area contributed by atoms with Crippen molar-refractivity contribution in [2.24, 2.45) is 11.8 Å². The number of nitrogens with one attached hydrogen (secondary N) is 1. The van der Waals surface area contributed by atoms with E-state index in [1.54, 1.807) is 4.31 Å². The van der Waals surface area contributed by atoms with Gasteiger partial charge in [0.05, 0.1) is 0 Å². The van der Waals surface area contributed by atoms with Gasteiger partial charge in [0.2, 0.25) is 10.0 Å². The lowest BCUT2D eigenvalue weighted by Gasteiger charge is -2.27. The standard InChI is InChI=1S/C12H19BrN4O2S/c1-8(2)10-4-3-5-17(10)20(18,19)11-6-9(13)7-15-12(11)16-14/h6-8,10H,3-5,14H2,1-2H3,(H,15,16). The van der Waals surface area contributed by atoms with Gasteiger partial charge in [0, 0.05) is 23.3 Å². The van der Waals surface area contributed by atoms with Crippen molar-refractivity contribution in [2.45, 2.75) is 37.6 Å². The number of halogens is 1. The lowest BCUT2D eigenvalue weighted by Crippen LogP contribution is -2.39. The van der Waals surface area contributed by atoms with E-state index in [4.69, 9.17) is 5.84 Å². The van der Waals surface area contributed by atoms with Crippen LogP contribution in [0.2, 0.25) is 0 Å². The zero-order valence-corrected chi connectivity index (χ0v) is 13.9. The topological polar surface area (TPSA) is 88.3 Å². The van der Waals surface area contributed by atoms with Crippen LogP contribution in [0.5, 0.6) is 0 Å². The van der Waals surface area contributed by atoms with Gasteiger partial charge in [-0.25, -0.2) is 19.2 Å². The average molecular weight is 363 g/mol. The number of hydrogen-bond acceptors (Lipinski definition) is 5. The number of anilines is 1. The van der Waals surface area contributed by atoms with E-state index < -0.39 is 10.0 Å². The predicted octanol–water partition coefficient (Wildman–Crippen LogP) is 1.94. The molecule has 2 heterocycles. The molecule has 1 aromatic rings. The Morgan fingerprint density at radius 1 is 1.55 bits per heavy atom. The van der Waals surface area contributed by atoms with E-state index in [0.717, 1.165) is 12.8 Å². The third kappa shape index (κ3) is 2.83. The van der Waals surface area contributed by atoms with Crippen molar-refractivity contribution >= 4 is 31.8 Å². The van der Waals surface area contributed by atoms with E-state index in [-0.39, 0.29) is 22.7 Å². The molecule has 0 bridgehead atoms. The highest BCUT2D eigenvalue weighted by Gasteiger charge is 2.38. The second kappa shape index (κ2) is 5.97. The summed E-state index contributed by atoms with van der Waals surface area (Å²) >= 11 is 3.26. The Kier molecular flexibility index (Phi) is 4.68. The summed E-state index contributed by atoms with van der Waals surface area (Å²) in [5.74, 6) is 5.83. The molecule has 6 nitrogen and oxygen atoms in total. The molecule has 112 valence electrons. The molecule has 0 saturated carbocycles. The van der Waals surface area contributed by atoms with Crippen LogP contribution in [0.15, 0.2) is 21.6 Å². The van der Waals surface area contributed by atoms with Gasteiger partial charge in [-0.15, -0.1) is 0 Å². The van der Waals surface area contributed by atoms with Crippen molar-refractivity contribution in [1.82, 2.24) is 9.29 Å². The molecule has 20 heavy (non-hydrogen) atoms. The third-order valence-electron chi connectivity index (χ3n) is 3.56. The fraction of sp³-hybridized carbons (Fsp3) is 0.583. The molecule has 3 N–H and O–H groups in total. The number of nitrogens with two attached hydrogens (primary N) is 1. The van der Waals surface area contributed by atoms with Crippen LogP contribution in [0.3, 0.4) is 0 Å². The molecule has 1 aromatic heterocycles. The van der Waals surface area contributed by atoms with E-state index in [1.807, 2.05) is 13.8 Å². The monoisotopic (exact) mass is 362 g/mol. The fourth-order valence-electron chi connectivity index (χ4n) is 2.58. The molecular formula is C12H19BrN4O2S. The summed E-state index contributed by atoms with van der Waals surface area (Å²) in [6.07, 6.45) is 3.29. The molecule has 1 aliphatic heterocycles. The van der Waals surface area contributed by atoms with Crippen LogP contribution in [-0.2, 0) is 10.0 Å². The molecule has 1 aliphatic rings. The van der Waals surface area contributed by atoms with Gasteiger partial charge in [0.15, 0.2) is 5.82 Å². The smallest absolute Gasteiger partial charge is 0.247 e. The van der Waals surface area contributed by atoms with Crippen LogP contribution >= 0.6 is 15.9 Å². The predicted molar refractivity (Wildman–Crippen MR) is 81.5 cm³/mol. The van der Waals surface area contributed by atoms with Crippen molar-refractivity contribution in [3.63, 3.8) is 0 Å². The Labute approximate surface area is 127 Å². The quantitative estimate of drug-likeness (QED) is 0.631. The number of nitrogen functional groups attached to an aromatic ring is 1. The van der Waals surface area contributed by atoms with Crippen molar-refractivity contribution in [1.29, 1.82) is 0 Å². The van der Waals surface area contributed by atoms with Crippen LogP contribution in [0, 0.1) is 5.92 Å². The molecule has 0 aliphatic carbocycles. The summed E-state index contributed by atoms with van der Waals surface area (Å²) in [6, 6.07) is 1.57. The second-order valence-electron chi connectivity index (χ2n) is 5.21. The Morgan fingerprint density at radius 3 is 2.85 bits per heavy atom. The van der Waals surface area contributed by atoms with E-state index in [0.29, 0.717) is 11.0 Å². The molecule has 0 aromatic carbocycles. The van der Waals surface area contributed by atoms with Gasteiger partial charge < -0.3 is 5.43 Å². The van der Waals surface area contributed by atoms with Gasteiger partial charge in [-0.3, -0.25) is 0 Å². The number of rotatable bonds is 4. The summed E-state index contributed by atoms with van der Waals surface area (Å²) in [4.78, 5) is 4.13. The first-order valence-electron chi connectivity index (χ1n) is 6.52. The Balaban J connectivity index is 2.47. The Hall–Kier alpha value is -0.700. The first kappa shape index (κ1) is 15.7. The molecule has 1 unspecified atom stereocenters. The largest absolute Gasteiger partial charge is 0.307 e. The van der Waals surface area contributed by atoms with E-state index >= 15 is 0 Å². The van der Waals surface area contributed by atoms with Gasteiger partial charge in [0.25, 0.3) is 0 Å². The van der Waals surface area contributed by atoms with Gasteiger partial charge >= 0.3 is 0 Å². The van der Waals surface area contributed by atoms with Gasteiger partial charge in [0.1, 0.15) is 4.90 Å². The van der Waals surface area contributed by atoms with E-state index in [9.17, 15) is 8.42 Å². The van der Waals surface area contributed by atoms with Crippen LogP contribution in [-0.4, -0.2) is 30.3 Å². The normalized spacial score (nSPS) is 20.6. The lowest BCUT2D eigenvalue weighted by molar-refractivity contribution is 0.316. The van der Waals surface area contributed by atoms with Crippen molar-refractivity contribution in [3.05, 3.63) is 16.7 Å². The summed E-state index contributed by atoms with van der Waals surface area (Å²) in [5, 5.41) is 0. The molecule has 0 radical (unpaired) electrons. The maximum atomic E-state index is 12.9. The Bertz CT molecular complexity index is 591. The van der Waals surface area contributed by atoms with Gasteiger partial charge in [-0.2, -0.15) is 4.31 Å². The highest BCUT2D eigenvalue weighted by atomic mass is 79.9. The van der Waals surface area contributed by atoms with Crippen LogP contribution in [0.4, 0.5) is 5.82 Å². The number of sulfonamides is 1. The highest BCUT2D eigenvalue weighted by molar-refractivity contribution is 9.10. The minimum atomic E-state index is -3.60. The molecule has 8 heteroatoms. The molecule has 1 fully saturated rings. The maximum Gasteiger partial charge on any atom is 0.247 e.